The van der Waals surface area contributed by atoms with E-state index in [0.29, 0.717) is 29.2 Å². The number of ether oxygens (including phenoxy) is 2. The van der Waals surface area contributed by atoms with E-state index in [1.807, 2.05) is 0 Å². The molecule has 0 aromatic heterocycles. The fraction of sp³-hybridized carbons (Fsp3) is 0.348. The SMILES string of the molecule is NC(N)=Nc1ccc(C(=O)OC2=CCC3C(=C2)OC[C@H]3CC(=O)N[C@@H](CCC(=O)O)C(=O)O)cc1. The first kappa shape index (κ1) is 25.3. The summed E-state index contributed by atoms with van der Waals surface area (Å²) in [5.74, 6) is -3.02. The number of aliphatic carboxylic acids is 2. The van der Waals surface area contributed by atoms with E-state index in [-0.39, 0.29) is 43.7 Å². The van der Waals surface area contributed by atoms with Gasteiger partial charge < -0.3 is 36.5 Å². The molecule has 1 aromatic carbocycles. The van der Waals surface area contributed by atoms with Gasteiger partial charge in [0, 0.05) is 30.8 Å². The Hall–Kier alpha value is -4.35. The second-order valence-electron chi connectivity index (χ2n) is 8.13. The van der Waals surface area contributed by atoms with Crippen LogP contribution in [0.1, 0.15) is 36.0 Å². The molecule has 186 valence electrons. The third-order valence-electron chi connectivity index (χ3n) is 5.56. The third-order valence-corrected chi connectivity index (χ3v) is 5.56. The number of hydrogen-bond donors (Lipinski definition) is 5. The Morgan fingerprint density at radius 2 is 1.89 bits per heavy atom. The number of hydrogen-bond acceptors (Lipinski definition) is 7. The van der Waals surface area contributed by atoms with Crippen LogP contribution in [0.15, 0.2) is 52.9 Å². The van der Waals surface area contributed by atoms with Gasteiger partial charge in [0.15, 0.2) is 5.96 Å². The summed E-state index contributed by atoms with van der Waals surface area (Å²) in [4.78, 5) is 50.7. The van der Waals surface area contributed by atoms with E-state index in [2.05, 4.69) is 10.3 Å². The number of guanidine groups is 1. The lowest BCUT2D eigenvalue weighted by Gasteiger charge is -2.20. The zero-order valence-corrected chi connectivity index (χ0v) is 18.7. The topological polar surface area (TPSA) is 204 Å². The van der Waals surface area contributed by atoms with Crippen LogP contribution in [-0.2, 0) is 23.9 Å². The van der Waals surface area contributed by atoms with Gasteiger partial charge in [0.05, 0.1) is 17.9 Å². The number of rotatable bonds is 10. The zero-order valence-electron chi connectivity index (χ0n) is 18.7. The van der Waals surface area contributed by atoms with E-state index in [1.54, 1.807) is 24.3 Å². The minimum Gasteiger partial charge on any atom is -0.497 e. The van der Waals surface area contributed by atoms with Crippen molar-refractivity contribution in [2.24, 2.45) is 28.3 Å². The van der Waals surface area contributed by atoms with Crippen molar-refractivity contribution in [3.05, 3.63) is 53.5 Å². The molecule has 0 radical (unpaired) electrons. The van der Waals surface area contributed by atoms with Gasteiger partial charge in [0.1, 0.15) is 17.6 Å². The Balaban J connectivity index is 1.54. The summed E-state index contributed by atoms with van der Waals surface area (Å²) in [5, 5.41) is 20.3. The average Bonchev–Trinajstić information content (AvgIpc) is 3.18. The van der Waals surface area contributed by atoms with Crippen molar-refractivity contribution < 1.29 is 38.9 Å². The van der Waals surface area contributed by atoms with Crippen LogP contribution in [0, 0.1) is 11.8 Å². The molecule has 1 unspecified atom stereocenters. The Morgan fingerprint density at radius 3 is 2.51 bits per heavy atom. The number of amides is 1. The Kier molecular flexibility index (Phi) is 8.08. The lowest BCUT2D eigenvalue weighted by Crippen LogP contribution is -2.42. The van der Waals surface area contributed by atoms with E-state index in [1.165, 1.54) is 12.1 Å². The van der Waals surface area contributed by atoms with Crippen LogP contribution in [0.25, 0.3) is 0 Å². The van der Waals surface area contributed by atoms with Crippen molar-refractivity contribution in [3.63, 3.8) is 0 Å². The molecule has 2 aliphatic rings. The van der Waals surface area contributed by atoms with E-state index in [0.717, 1.165) is 0 Å². The Morgan fingerprint density at radius 1 is 1.17 bits per heavy atom. The summed E-state index contributed by atoms with van der Waals surface area (Å²) in [6.07, 6.45) is 3.24. The van der Waals surface area contributed by atoms with Gasteiger partial charge in [-0.15, -0.1) is 0 Å². The maximum Gasteiger partial charge on any atom is 0.343 e. The first-order chi connectivity index (χ1) is 16.6. The van der Waals surface area contributed by atoms with Gasteiger partial charge in [-0.25, -0.2) is 14.6 Å². The van der Waals surface area contributed by atoms with Gasteiger partial charge in [-0.05, 0) is 43.2 Å². The molecule has 0 spiro atoms. The van der Waals surface area contributed by atoms with E-state index in [4.69, 9.17) is 26.0 Å². The molecule has 1 amide bonds. The number of nitrogens with two attached hydrogens (primary N) is 2. The third kappa shape index (κ3) is 7.06. The van der Waals surface area contributed by atoms with Crippen molar-refractivity contribution in [2.45, 2.75) is 31.7 Å². The van der Waals surface area contributed by atoms with Crippen LogP contribution in [0.5, 0.6) is 0 Å². The number of aliphatic imine (C=N–C) groups is 1. The van der Waals surface area contributed by atoms with Gasteiger partial charge in [-0.2, -0.15) is 0 Å². The van der Waals surface area contributed by atoms with Gasteiger partial charge in [-0.3, -0.25) is 9.59 Å². The fourth-order valence-electron chi connectivity index (χ4n) is 3.83. The summed E-state index contributed by atoms with van der Waals surface area (Å²) in [7, 11) is 0. The normalized spacial score (nSPS) is 19.2. The maximum absolute atomic E-state index is 12.4. The predicted octanol–water partition coefficient (Wildman–Crippen LogP) is 1.01. The number of carboxylic acid groups (broad SMARTS) is 2. The second-order valence-corrected chi connectivity index (χ2v) is 8.13. The van der Waals surface area contributed by atoms with Crippen LogP contribution in [0.2, 0.25) is 0 Å². The molecule has 7 N–H and O–H groups in total. The average molecular weight is 486 g/mol. The van der Waals surface area contributed by atoms with E-state index in [9.17, 15) is 24.3 Å². The first-order valence-electron chi connectivity index (χ1n) is 10.8. The molecule has 0 bridgehead atoms. The molecule has 1 aromatic rings. The minimum atomic E-state index is -1.29. The highest BCUT2D eigenvalue weighted by Crippen LogP contribution is 2.39. The smallest absolute Gasteiger partial charge is 0.343 e. The molecule has 12 heteroatoms. The molecular formula is C23H26N4O8. The number of benzene rings is 1. The summed E-state index contributed by atoms with van der Waals surface area (Å²) in [6.45, 7) is 0.248. The van der Waals surface area contributed by atoms with Crippen LogP contribution < -0.4 is 16.8 Å². The van der Waals surface area contributed by atoms with E-state index >= 15 is 0 Å². The highest BCUT2D eigenvalue weighted by atomic mass is 16.5. The summed E-state index contributed by atoms with van der Waals surface area (Å²) < 4.78 is 11.1. The number of allylic oxidation sites excluding steroid dienone is 3. The number of carbonyl (C=O) groups is 4. The van der Waals surface area contributed by atoms with Crippen molar-refractivity contribution in [1.29, 1.82) is 0 Å². The fourth-order valence-corrected chi connectivity index (χ4v) is 3.83. The lowest BCUT2D eigenvalue weighted by atomic mass is 9.85. The van der Waals surface area contributed by atoms with Crippen LogP contribution >= 0.6 is 0 Å². The first-order valence-corrected chi connectivity index (χ1v) is 10.8. The van der Waals surface area contributed by atoms with Crippen molar-refractivity contribution in [1.82, 2.24) is 5.32 Å². The molecule has 0 saturated carbocycles. The number of esters is 1. The van der Waals surface area contributed by atoms with Crippen molar-refractivity contribution in [3.8, 4) is 0 Å². The number of carbonyl (C=O) groups excluding carboxylic acids is 2. The second kappa shape index (κ2) is 11.2. The highest BCUT2D eigenvalue weighted by molar-refractivity contribution is 5.91. The van der Waals surface area contributed by atoms with Crippen LogP contribution in [-0.4, -0.2) is 52.6 Å². The molecular weight excluding hydrogens is 460 g/mol. The Bertz CT molecular complexity index is 1090. The predicted molar refractivity (Wildman–Crippen MR) is 122 cm³/mol. The molecule has 1 aliphatic carbocycles. The molecule has 1 aliphatic heterocycles. The quantitative estimate of drug-likeness (QED) is 0.180. The van der Waals surface area contributed by atoms with Gasteiger partial charge in [-0.1, -0.05) is 0 Å². The van der Waals surface area contributed by atoms with Gasteiger partial charge in [0.25, 0.3) is 0 Å². The minimum absolute atomic E-state index is 0.0178. The summed E-state index contributed by atoms with van der Waals surface area (Å²) in [6, 6.07) is 4.94. The van der Waals surface area contributed by atoms with Crippen LogP contribution in [0.4, 0.5) is 5.69 Å². The molecule has 12 nitrogen and oxygen atoms in total. The van der Waals surface area contributed by atoms with Crippen molar-refractivity contribution in [2.75, 3.05) is 6.61 Å². The molecule has 1 saturated heterocycles. The maximum atomic E-state index is 12.4. The molecule has 3 atom stereocenters. The summed E-state index contributed by atoms with van der Waals surface area (Å²) >= 11 is 0. The largest absolute Gasteiger partial charge is 0.497 e. The Labute approximate surface area is 200 Å². The monoisotopic (exact) mass is 486 g/mol. The van der Waals surface area contributed by atoms with Gasteiger partial charge >= 0.3 is 17.9 Å². The highest BCUT2D eigenvalue weighted by Gasteiger charge is 2.37. The number of nitrogens with one attached hydrogen (secondary N) is 1. The van der Waals surface area contributed by atoms with Gasteiger partial charge in [0.2, 0.25) is 5.91 Å². The number of carboxylic acids is 2. The van der Waals surface area contributed by atoms with Crippen LogP contribution in [0.3, 0.4) is 0 Å². The number of fused-ring (bicyclic) bond motifs is 1. The number of nitrogens with zero attached hydrogens (tertiary/aromatic N) is 1. The molecule has 1 fully saturated rings. The lowest BCUT2D eigenvalue weighted by molar-refractivity contribution is -0.143. The van der Waals surface area contributed by atoms with E-state index < -0.39 is 29.9 Å². The summed E-state index contributed by atoms with van der Waals surface area (Å²) in [5.41, 5.74) is 11.4. The standard InChI is InChI=1S/C23H26N4O8/c24-23(25)26-14-3-1-12(2-4-14)22(33)35-15-5-6-16-13(11-34-18(16)10-15)9-19(28)27-17(21(31)32)7-8-20(29)30/h1-5,10,13,16-17H,6-9,11H2,(H,27,28)(H,29,30)(H,31,32)(H4,24,25,26)/t13-,16?,17+/m1/s1. The molecule has 1 heterocycles. The molecule has 3 rings (SSSR count). The van der Waals surface area contributed by atoms with Crippen molar-refractivity contribution >= 4 is 35.5 Å². The molecule has 35 heavy (non-hydrogen) atoms. The zero-order chi connectivity index (χ0) is 25.5.